The quantitative estimate of drug-likeness (QED) is 0.810. The topological polar surface area (TPSA) is 42.0 Å². The van der Waals surface area contributed by atoms with Gasteiger partial charge in [0.05, 0.1) is 0 Å². The summed E-state index contributed by atoms with van der Waals surface area (Å²) in [6, 6.07) is 1.21. The van der Waals surface area contributed by atoms with Gasteiger partial charge in [-0.05, 0) is 28.1 Å². The number of anilines is 1. The fraction of sp³-hybridized carbons (Fsp3) is 0. The molecule has 0 radical (unpaired) electrons. The number of nitrogens with zero attached hydrogens (tertiary/aromatic N) is 1. The highest BCUT2D eigenvalue weighted by molar-refractivity contribution is 9.10. The van der Waals surface area contributed by atoms with Gasteiger partial charge in [-0.25, -0.2) is 9.37 Å². The van der Waals surface area contributed by atoms with Gasteiger partial charge < -0.3 is 5.32 Å². The fourth-order valence-electron chi connectivity index (χ4n) is 0.674. The van der Waals surface area contributed by atoms with Gasteiger partial charge in [-0.1, -0.05) is 6.58 Å². The normalized spacial score (nSPS) is 9.38. The third-order valence-electron chi connectivity index (χ3n) is 1.23. The van der Waals surface area contributed by atoms with Crippen molar-refractivity contribution in [2.75, 3.05) is 5.32 Å². The van der Waals surface area contributed by atoms with Gasteiger partial charge in [0.2, 0.25) is 5.91 Å². The van der Waals surface area contributed by atoms with Crippen LogP contribution in [0.25, 0.3) is 0 Å². The summed E-state index contributed by atoms with van der Waals surface area (Å²) in [6.07, 6.45) is 2.44. The molecule has 68 valence electrons. The van der Waals surface area contributed by atoms with Gasteiger partial charge in [0, 0.05) is 10.7 Å². The Labute approximate surface area is 82.8 Å². The summed E-state index contributed by atoms with van der Waals surface area (Å²) >= 11 is 3.04. The van der Waals surface area contributed by atoms with E-state index in [1.165, 1.54) is 12.3 Å². The van der Waals surface area contributed by atoms with Crippen molar-refractivity contribution in [1.82, 2.24) is 4.98 Å². The second-order valence-electron chi connectivity index (χ2n) is 2.18. The Morgan fingerprint density at radius 2 is 2.46 bits per heavy atom. The summed E-state index contributed by atoms with van der Waals surface area (Å²) in [5.74, 6) is -1.19. The summed E-state index contributed by atoms with van der Waals surface area (Å²) < 4.78 is 13.5. The first-order chi connectivity index (χ1) is 6.13. The molecule has 1 aromatic heterocycles. The molecule has 0 unspecified atom stereocenters. The van der Waals surface area contributed by atoms with Crippen LogP contribution in [0.3, 0.4) is 0 Å². The van der Waals surface area contributed by atoms with Crippen molar-refractivity contribution in [3.8, 4) is 0 Å². The molecule has 0 aliphatic heterocycles. The van der Waals surface area contributed by atoms with Gasteiger partial charge in [-0.15, -0.1) is 0 Å². The predicted molar refractivity (Wildman–Crippen MR) is 50.7 cm³/mol. The minimum absolute atomic E-state index is 0.104. The maximum absolute atomic E-state index is 13.0. The summed E-state index contributed by atoms with van der Waals surface area (Å²) in [5.41, 5.74) is 0. The van der Waals surface area contributed by atoms with Crippen molar-refractivity contribution in [3.05, 3.63) is 35.2 Å². The number of carbonyl (C=O) groups excluding carboxylic acids is 1. The summed E-state index contributed by atoms with van der Waals surface area (Å²) in [6.45, 7) is 3.23. The highest BCUT2D eigenvalue weighted by atomic mass is 79.9. The lowest BCUT2D eigenvalue weighted by Gasteiger charge is -2.01. The Morgan fingerprint density at radius 1 is 1.77 bits per heavy atom. The van der Waals surface area contributed by atoms with E-state index in [0.29, 0.717) is 4.47 Å². The van der Waals surface area contributed by atoms with Crippen LogP contribution in [0, 0.1) is 5.82 Å². The lowest BCUT2D eigenvalue weighted by Crippen LogP contribution is -2.10. The van der Waals surface area contributed by atoms with Crippen LogP contribution in [-0.2, 0) is 4.79 Å². The third kappa shape index (κ3) is 2.62. The Bertz CT molecular complexity index is 354. The van der Waals surface area contributed by atoms with Crippen LogP contribution in [0.15, 0.2) is 29.4 Å². The molecule has 0 bridgehead atoms. The van der Waals surface area contributed by atoms with Gasteiger partial charge in [0.15, 0.2) is 11.6 Å². The molecule has 1 rings (SSSR count). The van der Waals surface area contributed by atoms with E-state index in [4.69, 9.17) is 0 Å². The number of pyridine rings is 1. The van der Waals surface area contributed by atoms with Crippen LogP contribution < -0.4 is 5.32 Å². The molecule has 1 amide bonds. The van der Waals surface area contributed by atoms with Crippen LogP contribution >= 0.6 is 15.9 Å². The molecule has 0 aliphatic rings. The number of aromatic nitrogens is 1. The Morgan fingerprint density at radius 3 is 3.00 bits per heavy atom. The van der Waals surface area contributed by atoms with Gasteiger partial charge in [0.25, 0.3) is 0 Å². The summed E-state index contributed by atoms with van der Waals surface area (Å²) in [7, 11) is 0. The van der Waals surface area contributed by atoms with E-state index in [1.807, 2.05) is 0 Å². The number of carbonyl (C=O) groups is 1. The van der Waals surface area contributed by atoms with Crippen molar-refractivity contribution in [3.63, 3.8) is 0 Å². The first kappa shape index (κ1) is 9.85. The fourth-order valence-corrected chi connectivity index (χ4v) is 0.978. The molecule has 0 atom stereocenters. The monoisotopic (exact) mass is 244 g/mol. The number of hydrogen-bond acceptors (Lipinski definition) is 2. The maximum atomic E-state index is 13.0. The molecule has 0 saturated carbocycles. The van der Waals surface area contributed by atoms with Crippen molar-refractivity contribution in [2.45, 2.75) is 0 Å². The minimum atomic E-state index is -0.593. The van der Waals surface area contributed by atoms with Crippen LogP contribution in [0.2, 0.25) is 0 Å². The highest BCUT2D eigenvalue weighted by Crippen LogP contribution is 2.15. The van der Waals surface area contributed by atoms with Crippen LogP contribution in [-0.4, -0.2) is 10.9 Å². The first-order valence-corrected chi connectivity index (χ1v) is 4.17. The third-order valence-corrected chi connectivity index (χ3v) is 1.67. The average Bonchev–Trinajstić information content (AvgIpc) is 2.09. The molecule has 3 nitrogen and oxygen atoms in total. The molecule has 1 aromatic rings. The molecule has 0 saturated heterocycles. The molecule has 0 aromatic carbocycles. The molecule has 0 fully saturated rings. The summed E-state index contributed by atoms with van der Waals surface area (Å²) in [4.78, 5) is 14.4. The van der Waals surface area contributed by atoms with E-state index < -0.39 is 11.7 Å². The van der Waals surface area contributed by atoms with Crippen LogP contribution in [0.5, 0.6) is 0 Å². The number of halogens is 2. The predicted octanol–water partition coefficient (Wildman–Crippen LogP) is 2.11. The second kappa shape index (κ2) is 4.13. The molecule has 13 heavy (non-hydrogen) atoms. The van der Waals surface area contributed by atoms with Gasteiger partial charge in [0.1, 0.15) is 0 Å². The van der Waals surface area contributed by atoms with Crippen molar-refractivity contribution in [1.29, 1.82) is 0 Å². The smallest absolute Gasteiger partial charge is 0.248 e. The molecule has 1 heterocycles. The van der Waals surface area contributed by atoms with E-state index >= 15 is 0 Å². The van der Waals surface area contributed by atoms with E-state index in [0.717, 1.165) is 6.08 Å². The standard InChI is InChI=1S/C8H6BrFN2O/c1-2-7(13)12-8-6(10)3-5(9)4-11-8/h2-4H,1H2,(H,11,12,13). The largest absolute Gasteiger partial charge is 0.305 e. The Balaban J connectivity index is 2.89. The van der Waals surface area contributed by atoms with Crippen molar-refractivity contribution in [2.24, 2.45) is 0 Å². The number of amides is 1. The van der Waals surface area contributed by atoms with Crippen molar-refractivity contribution >= 4 is 27.7 Å². The number of rotatable bonds is 2. The van der Waals surface area contributed by atoms with Gasteiger partial charge in [-0.3, -0.25) is 4.79 Å². The minimum Gasteiger partial charge on any atom is -0.305 e. The van der Waals surface area contributed by atoms with E-state index in [9.17, 15) is 9.18 Å². The summed E-state index contributed by atoms with van der Waals surface area (Å²) in [5, 5.41) is 2.22. The lowest BCUT2D eigenvalue weighted by atomic mass is 10.4. The molecule has 0 aliphatic carbocycles. The van der Waals surface area contributed by atoms with Crippen LogP contribution in [0.4, 0.5) is 10.2 Å². The average molecular weight is 245 g/mol. The van der Waals surface area contributed by atoms with Gasteiger partial charge >= 0.3 is 0 Å². The Hall–Kier alpha value is -1.23. The zero-order chi connectivity index (χ0) is 9.84. The molecular weight excluding hydrogens is 239 g/mol. The van der Waals surface area contributed by atoms with E-state index in [1.54, 1.807) is 0 Å². The zero-order valence-electron chi connectivity index (χ0n) is 6.55. The molecule has 1 N–H and O–H groups in total. The van der Waals surface area contributed by atoms with E-state index in [-0.39, 0.29) is 5.82 Å². The number of nitrogens with one attached hydrogen (secondary N) is 1. The second-order valence-corrected chi connectivity index (χ2v) is 3.09. The van der Waals surface area contributed by atoms with Crippen LogP contribution in [0.1, 0.15) is 0 Å². The first-order valence-electron chi connectivity index (χ1n) is 3.38. The molecular formula is C8H6BrFN2O. The Kier molecular flexibility index (Phi) is 3.13. The maximum Gasteiger partial charge on any atom is 0.248 e. The molecule has 5 heteroatoms. The highest BCUT2D eigenvalue weighted by Gasteiger charge is 2.05. The number of hydrogen-bond donors (Lipinski definition) is 1. The van der Waals surface area contributed by atoms with E-state index in [2.05, 4.69) is 32.8 Å². The van der Waals surface area contributed by atoms with Crippen molar-refractivity contribution < 1.29 is 9.18 Å². The molecule has 0 spiro atoms. The zero-order valence-corrected chi connectivity index (χ0v) is 8.14. The van der Waals surface area contributed by atoms with Gasteiger partial charge in [-0.2, -0.15) is 0 Å². The lowest BCUT2D eigenvalue weighted by molar-refractivity contribution is -0.111. The SMILES string of the molecule is C=CC(=O)Nc1ncc(Br)cc1F.